The van der Waals surface area contributed by atoms with Gasteiger partial charge in [0, 0.05) is 28.8 Å². The van der Waals surface area contributed by atoms with E-state index in [0.717, 1.165) is 29.8 Å². The van der Waals surface area contributed by atoms with E-state index in [0.29, 0.717) is 6.04 Å². The van der Waals surface area contributed by atoms with Crippen molar-refractivity contribution in [3.63, 3.8) is 0 Å². The molecule has 0 amide bonds. The summed E-state index contributed by atoms with van der Waals surface area (Å²) in [7, 11) is 0. The van der Waals surface area contributed by atoms with E-state index < -0.39 is 0 Å². The zero-order chi connectivity index (χ0) is 12.4. The maximum absolute atomic E-state index is 5.91. The fourth-order valence-corrected chi connectivity index (χ4v) is 2.90. The quantitative estimate of drug-likeness (QED) is 0.912. The van der Waals surface area contributed by atoms with Crippen LogP contribution in [0.15, 0.2) is 22.7 Å². The molecule has 1 aromatic carbocycles. The molecule has 94 valence electrons. The van der Waals surface area contributed by atoms with E-state index in [2.05, 4.69) is 46.0 Å². The molecule has 0 aromatic heterocycles. The van der Waals surface area contributed by atoms with Gasteiger partial charge in [-0.25, -0.2) is 0 Å². The molecule has 0 saturated carbocycles. The van der Waals surface area contributed by atoms with Crippen molar-refractivity contribution in [1.29, 1.82) is 0 Å². The third kappa shape index (κ3) is 2.81. The SMILES string of the molecule is CC1COCCN1c1ccc([C@H](C)N)c(Br)c1. The molecule has 2 N–H and O–H groups in total. The molecule has 0 radical (unpaired) electrons. The molecule has 1 aromatic rings. The number of halogens is 1. The predicted octanol–water partition coefficient (Wildman–Crippen LogP) is 2.69. The van der Waals surface area contributed by atoms with Crippen molar-refractivity contribution in [1.82, 2.24) is 0 Å². The molecule has 0 aliphatic carbocycles. The summed E-state index contributed by atoms with van der Waals surface area (Å²) in [5.74, 6) is 0. The van der Waals surface area contributed by atoms with Gasteiger partial charge in [0.2, 0.25) is 0 Å². The smallest absolute Gasteiger partial charge is 0.0668 e. The number of nitrogens with two attached hydrogens (primary N) is 1. The summed E-state index contributed by atoms with van der Waals surface area (Å²) < 4.78 is 6.54. The van der Waals surface area contributed by atoms with Crippen molar-refractivity contribution < 1.29 is 4.74 Å². The Morgan fingerprint density at radius 3 is 2.88 bits per heavy atom. The van der Waals surface area contributed by atoms with Crippen molar-refractivity contribution in [2.45, 2.75) is 25.9 Å². The molecule has 1 fully saturated rings. The van der Waals surface area contributed by atoms with Crippen LogP contribution in [0.25, 0.3) is 0 Å². The molecule has 1 unspecified atom stereocenters. The van der Waals surface area contributed by atoms with Gasteiger partial charge in [-0.15, -0.1) is 0 Å². The Hall–Kier alpha value is -0.580. The second kappa shape index (κ2) is 5.38. The number of nitrogens with zero attached hydrogens (tertiary/aromatic N) is 1. The molecule has 2 rings (SSSR count). The third-order valence-electron chi connectivity index (χ3n) is 3.17. The van der Waals surface area contributed by atoms with Crippen molar-refractivity contribution in [3.8, 4) is 0 Å². The van der Waals surface area contributed by atoms with Crippen molar-refractivity contribution >= 4 is 21.6 Å². The van der Waals surface area contributed by atoms with Crippen LogP contribution in [0.5, 0.6) is 0 Å². The molecule has 1 saturated heterocycles. The topological polar surface area (TPSA) is 38.5 Å². The molecule has 1 aliphatic heterocycles. The van der Waals surface area contributed by atoms with Gasteiger partial charge in [-0.3, -0.25) is 0 Å². The van der Waals surface area contributed by atoms with Crippen LogP contribution in [0.1, 0.15) is 25.5 Å². The number of hydrogen-bond acceptors (Lipinski definition) is 3. The maximum Gasteiger partial charge on any atom is 0.0668 e. The number of benzene rings is 1. The largest absolute Gasteiger partial charge is 0.377 e. The Kier molecular flexibility index (Phi) is 4.07. The minimum atomic E-state index is 0.0561. The standard InChI is InChI=1S/C13H19BrN2O/c1-9-8-17-6-5-16(9)11-3-4-12(10(2)15)13(14)7-11/h3-4,7,9-10H,5-6,8,15H2,1-2H3/t9?,10-/m0/s1. The average Bonchev–Trinajstić information content (AvgIpc) is 2.29. The normalized spacial score (nSPS) is 22.6. The number of morpholine rings is 1. The van der Waals surface area contributed by atoms with Gasteiger partial charge in [-0.05, 0) is 31.5 Å². The average molecular weight is 299 g/mol. The summed E-state index contributed by atoms with van der Waals surface area (Å²) in [6, 6.07) is 6.88. The molecule has 1 aliphatic rings. The highest BCUT2D eigenvalue weighted by Gasteiger charge is 2.19. The molecule has 0 bridgehead atoms. The van der Waals surface area contributed by atoms with Crippen LogP contribution in [0.4, 0.5) is 5.69 Å². The van der Waals surface area contributed by atoms with Gasteiger partial charge >= 0.3 is 0 Å². The third-order valence-corrected chi connectivity index (χ3v) is 3.86. The zero-order valence-corrected chi connectivity index (χ0v) is 11.9. The Bertz CT molecular complexity index is 395. The van der Waals surface area contributed by atoms with Gasteiger partial charge in [0.1, 0.15) is 0 Å². The first-order chi connectivity index (χ1) is 8.09. The first-order valence-corrected chi connectivity index (χ1v) is 6.78. The fourth-order valence-electron chi connectivity index (χ4n) is 2.17. The van der Waals surface area contributed by atoms with E-state index in [-0.39, 0.29) is 6.04 Å². The van der Waals surface area contributed by atoms with Crippen LogP contribution in [0, 0.1) is 0 Å². The summed E-state index contributed by atoms with van der Waals surface area (Å²) in [5, 5.41) is 0. The van der Waals surface area contributed by atoms with Gasteiger partial charge in [-0.2, -0.15) is 0 Å². The number of hydrogen-bond donors (Lipinski definition) is 1. The lowest BCUT2D eigenvalue weighted by Crippen LogP contribution is -2.43. The molecular weight excluding hydrogens is 280 g/mol. The van der Waals surface area contributed by atoms with Crippen LogP contribution in [0.3, 0.4) is 0 Å². The summed E-state index contributed by atoms with van der Waals surface area (Å²) in [6.07, 6.45) is 0. The van der Waals surface area contributed by atoms with E-state index in [1.165, 1.54) is 5.69 Å². The number of rotatable bonds is 2. The van der Waals surface area contributed by atoms with E-state index in [1.54, 1.807) is 0 Å². The fraction of sp³-hybridized carbons (Fsp3) is 0.538. The van der Waals surface area contributed by atoms with E-state index in [9.17, 15) is 0 Å². The van der Waals surface area contributed by atoms with Gasteiger partial charge in [-0.1, -0.05) is 22.0 Å². The van der Waals surface area contributed by atoms with Crippen LogP contribution < -0.4 is 10.6 Å². The minimum absolute atomic E-state index is 0.0561. The summed E-state index contributed by atoms with van der Waals surface area (Å²) in [5.41, 5.74) is 8.29. The highest BCUT2D eigenvalue weighted by atomic mass is 79.9. The summed E-state index contributed by atoms with van der Waals surface area (Å²) in [4.78, 5) is 2.37. The second-order valence-electron chi connectivity index (χ2n) is 4.61. The van der Waals surface area contributed by atoms with Gasteiger partial charge in [0.25, 0.3) is 0 Å². The van der Waals surface area contributed by atoms with Crippen molar-refractivity contribution in [3.05, 3.63) is 28.2 Å². The lowest BCUT2D eigenvalue weighted by atomic mass is 10.1. The molecule has 3 nitrogen and oxygen atoms in total. The lowest BCUT2D eigenvalue weighted by molar-refractivity contribution is 0.0989. The number of ether oxygens (including phenoxy) is 1. The highest BCUT2D eigenvalue weighted by Crippen LogP contribution is 2.29. The second-order valence-corrected chi connectivity index (χ2v) is 5.47. The van der Waals surface area contributed by atoms with E-state index >= 15 is 0 Å². The molecule has 1 heterocycles. The van der Waals surface area contributed by atoms with Crippen molar-refractivity contribution in [2.75, 3.05) is 24.7 Å². The predicted molar refractivity (Wildman–Crippen MR) is 74.4 cm³/mol. The Morgan fingerprint density at radius 1 is 1.53 bits per heavy atom. The number of anilines is 1. The van der Waals surface area contributed by atoms with Gasteiger partial charge in [0.05, 0.1) is 13.2 Å². The minimum Gasteiger partial charge on any atom is -0.377 e. The molecule has 4 heteroatoms. The van der Waals surface area contributed by atoms with E-state index in [1.807, 2.05) is 6.92 Å². The van der Waals surface area contributed by atoms with Gasteiger partial charge < -0.3 is 15.4 Å². The Morgan fingerprint density at radius 2 is 2.29 bits per heavy atom. The molecule has 17 heavy (non-hydrogen) atoms. The summed E-state index contributed by atoms with van der Waals surface area (Å²) in [6.45, 7) is 6.73. The maximum atomic E-state index is 5.91. The van der Waals surface area contributed by atoms with Crippen molar-refractivity contribution in [2.24, 2.45) is 5.73 Å². The van der Waals surface area contributed by atoms with Crippen LogP contribution in [-0.2, 0) is 4.74 Å². The first-order valence-electron chi connectivity index (χ1n) is 5.99. The van der Waals surface area contributed by atoms with Crippen LogP contribution in [-0.4, -0.2) is 25.8 Å². The summed E-state index contributed by atoms with van der Waals surface area (Å²) >= 11 is 3.60. The van der Waals surface area contributed by atoms with Gasteiger partial charge in [0.15, 0.2) is 0 Å². The zero-order valence-electron chi connectivity index (χ0n) is 10.3. The van der Waals surface area contributed by atoms with Crippen LogP contribution in [0.2, 0.25) is 0 Å². The van der Waals surface area contributed by atoms with Crippen LogP contribution >= 0.6 is 15.9 Å². The lowest BCUT2D eigenvalue weighted by Gasteiger charge is -2.35. The van der Waals surface area contributed by atoms with E-state index in [4.69, 9.17) is 10.5 Å². The highest BCUT2D eigenvalue weighted by molar-refractivity contribution is 9.10. The Balaban J connectivity index is 2.24. The molecular formula is C13H19BrN2O. The monoisotopic (exact) mass is 298 g/mol. The first kappa shape index (κ1) is 12.9. The molecule has 0 spiro atoms. The molecule has 2 atom stereocenters. The Labute approximate surface area is 111 Å².